The Morgan fingerprint density at radius 2 is 1.80 bits per heavy atom. The summed E-state index contributed by atoms with van der Waals surface area (Å²) in [7, 11) is 1.67. The minimum absolute atomic E-state index is 0.577. The summed E-state index contributed by atoms with van der Waals surface area (Å²) in [4.78, 5) is 13.2. The van der Waals surface area contributed by atoms with Crippen LogP contribution in [-0.2, 0) is 13.1 Å². The fourth-order valence-corrected chi connectivity index (χ4v) is 2.45. The molecule has 3 rings (SSSR count). The maximum Gasteiger partial charge on any atom is 0.225 e. The van der Waals surface area contributed by atoms with Gasteiger partial charge >= 0.3 is 0 Å². The molecule has 1 aromatic carbocycles. The lowest BCUT2D eigenvalue weighted by Gasteiger charge is -2.12. The molecule has 0 aliphatic rings. The molecule has 0 fully saturated rings. The fourth-order valence-electron chi connectivity index (χ4n) is 2.45. The van der Waals surface area contributed by atoms with Gasteiger partial charge in [-0.1, -0.05) is 24.3 Å². The second-order valence-electron chi connectivity index (χ2n) is 5.56. The molecule has 0 atom stereocenters. The molecule has 2 aromatic heterocycles. The summed E-state index contributed by atoms with van der Waals surface area (Å²) in [5.41, 5.74) is 2.90. The second kappa shape index (κ2) is 8.10. The summed E-state index contributed by atoms with van der Waals surface area (Å²) in [6.45, 7) is 3.15. The first kappa shape index (κ1) is 16.7. The Bertz CT molecular complexity index is 823. The number of methoxy groups -OCH3 is 1. The van der Waals surface area contributed by atoms with Gasteiger partial charge in [0.05, 0.1) is 19.3 Å². The zero-order valence-electron chi connectivity index (χ0n) is 14.4. The molecule has 0 bridgehead atoms. The molecule has 2 heterocycles. The lowest BCUT2D eigenvalue weighted by atomic mass is 10.2. The van der Waals surface area contributed by atoms with Crippen LogP contribution in [-0.4, -0.2) is 22.1 Å². The molecule has 3 aromatic rings. The molecule has 0 saturated heterocycles. The van der Waals surface area contributed by atoms with Crippen LogP contribution in [0.4, 0.5) is 11.8 Å². The van der Waals surface area contributed by atoms with E-state index < -0.39 is 0 Å². The molecule has 0 spiro atoms. The third kappa shape index (κ3) is 4.67. The molecular formula is C19H21N5O. The maximum atomic E-state index is 5.38. The highest BCUT2D eigenvalue weighted by molar-refractivity contribution is 5.44. The Morgan fingerprint density at radius 1 is 0.960 bits per heavy atom. The molecule has 6 heteroatoms. The van der Waals surface area contributed by atoms with Crippen LogP contribution in [0, 0.1) is 6.92 Å². The van der Waals surface area contributed by atoms with Crippen LogP contribution in [0.2, 0.25) is 0 Å². The Labute approximate surface area is 147 Å². The van der Waals surface area contributed by atoms with Crippen LogP contribution in [0.3, 0.4) is 0 Å². The largest absolute Gasteiger partial charge is 0.496 e. The van der Waals surface area contributed by atoms with Gasteiger partial charge in [-0.15, -0.1) is 0 Å². The van der Waals surface area contributed by atoms with Crippen molar-refractivity contribution in [3.05, 3.63) is 71.7 Å². The van der Waals surface area contributed by atoms with Crippen LogP contribution in [0.5, 0.6) is 5.75 Å². The predicted octanol–water partition coefficient (Wildman–Crippen LogP) is 3.41. The number of rotatable bonds is 7. The number of ether oxygens (including phenoxy) is 1. The molecule has 2 N–H and O–H groups in total. The van der Waals surface area contributed by atoms with Gasteiger partial charge in [0, 0.05) is 30.1 Å². The van der Waals surface area contributed by atoms with E-state index in [0.717, 1.165) is 28.5 Å². The molecule has 0 unspecified atom stereocenters. The minimum Gasteiger partial charge on any atom is -0.496 e. The van der Waals surface area contributed by atoms with Crippen molar-refractivity contribution in [1.82, 2.24) is 15.0 Å². The number of benzene rings is 1. The minimum atomic E-state index is 0.577. The highest BCUT2D eigenvalue weighted by atomic mass is 16.5. The van der Waals surface area contributed by atoms with Crippen molar-refractivity contribution in [2.45, 2.75) is 20.0 Å². The van der Waals surface area contributed by atoms with E-state index in [-0.39, 0.29) is 0 Å². The van der Waals surface area contributed by atoms with Gasteiger partial charge in [0.2, 0.25) is 5.95 Å². The van der Waals surface area contributed by atoms with Crippen molar-refractivity contribution < 1.29 is 4.74 Å². The van der Waals surface area contributed by atoms with Gasteiger partial charge in [0.25, 0.3) is 0 Å². The number of nitrogens with one attached hydrogen (secondary N) is 2. The Morgan fingerprint density at radius 3 is 2.60 bits per heavy atom. The molecule has 0 radical (unpaired) electrons. The maximum absolute atomic E-state index is 5.38. The van der Waals surface area contributed by atoms with Crippen molar-refractivity contribution in [2.24, 2.45) is 0 Å². The SMILES string of the molecule is COc1ccccc1CNc1cc(C)nc(NCc2ccccn2)n1. The zero-order chi connectivity index (χ0) is 17.5. The van der Waals surface area contributed by atoms with Gasteiger partial charge in [-0.2, -0.15) is 4.98 Å². The molecule has 0 saturated carbocycles. The van der Waals surface area contributed by atoms with Crippen molar-refractivity contribution in [1.29, 1.82) is 0 Å². The van der Waals surface area contributed by atoms with E-state index in [1.54, 1.807) is 13.3 Å². The smallest absolute Gasteiger partial charge is 0.225 e. The quantitative estimate of drug-likeness (QED) is 0.689. The van der Waals surface area contributed by atoms with Crippen molar-refractivity contribution >= 4 is 11.8 Å². The molecule has 0 aliphatic heterocycles. The van der Waals surface area contributed by atoms with E-state index in [2.05, 4.69) is 25.6 Å². The van der Waals surface area contributed by atoms with Crippen LogP contribution >= 0.6 is 0 Å². The number of pyridine rings is 1. The molecular weight excluding hydrogens is 314 g/mol. The van der Waals surface area contributed by atoms with Gasteiger partial charge in [0.1, 0.15) is 11.6 Å². The third-order valence-electron chi connectivity index (χ3n) is 3.66. The highest BCUT2D eigenvalue weighted by Gasteiger charge is 2.05. The first-order valence-electron chi connectivity index (χ1n) is 8.10. The lowest BCUT2D eigenvalue weighted by Crippen LogP contribution is -2.09. The van der Waals surface area contributed by atoms with Gasteiger partial charge in [-0.05, 0) is 25.1 Å². The van der Waals surface area contributed by atoms with E-state index in [1.807, 2.05) is 55.5 Å². The lowest BCUT2D eigenvalue weighted by molar-refractivity contribution is 0.410. The molecule has 0 amide bonds. The summed E-state index contributed by atoms with van der Waals surface area (Å²) in [6, 6.07) is 15.7. The summed E-state index contributed by atoms with van der Waals surface area (Å²) in [5.74, 6) is 2.20. The first-order chi connectivity index (χ1) is 12.2. The van der Waals surface area contributed by atoms with E-state index in [0.29, 0.717) is 19.0 Å². The van der Waals surface area contributed by atoms with Crippen molar-refractivity contribution in [2.75, 3.05) is 17.7 Å². The molecule has 128 valence electrons. The average molecular weight is 335 g/mol. The average Bonchev–Trinajstić information content (AvgIpc) is 2.65. The molecule has 6 nitrogen and oxygen atoms in total. The number of aromatic nitrogens is 3. The van der Waals surface area contributed by atoms with E-state index >= 15 is 0 Å². The molecule has 0 aliphatic carbocycles. The monoisotopic (exact) mass is 335 g/mol. The normalized spacial score (nSPS) is 10.3. The fraction of sp³-hybridized carbons (Fsp3) is 0.211. The standard InChI is InChI=1S/C19H21N5O/c1-14-11-18(21-12-15-7-3-4-9-17(15)25-2)24-19(23-14)22-13-16-8-5-6-10-20-16/h3-11H,12-13H2,1-2H3,(H2,21,22,23,24). The third-order valence-corrected chi connectivity index (χ3v) is 3.66. The van der Waals surface area contributed by atoms with E-state index in [1.165, 1.54) is 0 Å². The van der Waals surface area contributed by atoms with E-state index in [9.17, 15) is 0 Å². The van der Waals surface area contributed by atoms with Gasteiger partial charge in [-0.25, -0.2) is 4.98 Å². The van der Waals surface area contributed by atoms with Crippen molar-refractivity contribution in [3.63, 3.8) is 0 Å². The number of hydrogen-bond donors (Lipinski definition) is 2. The van der Waals surface area contributed by atoms with Crippen LogP contribution < -0.4 is 15.4 Å². The number of para-hydroxylation sites is 1. The number of hydrogen-bond acceptors (Lipinski definition) is 6. The van der Waals surface area contributed by atoms with Gasteiger partial charge < -0.3 is 15.4 Å². The Kier molecular flexibility index (Phi) is 5.41. The second-order valence-corrected chi connectivity index (χ2v) is 5.56. The number of nitrogens with zero attached hydrogens (tertiary/aromatic N) is 3. The number of anilines is 2. The number of aryl methyl sites for hydroxylation is 1. The Balaban J connectivity index is 1.67. The van der Waals surface area contributed by atoms with E-state index in [4.69, 9.17) is 4.74 Å². The predicted molar refractivity (Wildman–Crippen MR) is 98.7 cm³/mol. The highest BCUT2D eigenvalue weighted by Crippen LogP contribution is 2.19. The van der Waals surface area contributed by atoms with Crippen LogP contribution in [0.1, 0.15) is 17.0 Å². The molecule has 25 heavy (non-hydrogen) atoms. The van der Waals surface area contributed by atoms with Gasteiger partial charge in [0.15, 0.2) is 0 Å². The summed E-state index contributed by atoms with van der Waals surface area (Å²) in [6.07, 6.45) is 1.77. The van der Waals surface area contributed by atoms with Crippen LogP contribution in [0.25, 0.3) is 0 Å². The first-order valence-corrected chi connectivity index (χ1v) is 8.10. The van der Waals surface area contributed by atoms with Gasteiger partial charge in [-0.3, -0.25) is 4.98 Å². The van der Waals surface area contributed by atoms with Crippen LogP contribution in [0.15, 0.2) is 54.7 Å². The zero-order valence-corrected chi connectivity index (χ0v) is 14.4. The van der Waals surface area contributed by atoms with Crippen molar-refractivity contribution in [3.8, 4) is 5.75 Å². The topological polar surface area (TPSA) is 72.0 Å². The summed E-state index contributed by atoms with van der Waals surface area (Å²) >= 11 is 0. The summed E-state index contributed by atoms with van der Waals surface area (Å²) < 4.78 is 5.38. The Hall–Kier alpha value is -3.15. The summed E-state index contributed by atoms with van der Waals surface area (Å²) in [5, 5.41) is 6.54.